The van der Waals surface area contributed by atoms with Gasteiger partial charge in [-0.2, -0.15) is 0 Å². The molecule has 0 fully saturated rings. The van der Waals surface area contributed by atoms with E-state index < -0.39 is 0 Å². The normalized spacial score (nSPS) is 10.2. The van der Waals surface area contributed by atoms with Crippen LogP contribution in [-0.4, -0.2) is 6.61 Å². The predicted octanol–water partition coefficient (Wildman–Crippen LogP) is 4.95. The van der Waals surface area contributed by atoms with Crippen molar-refractivity contribution in [1.29, 1.82) is 0 Å². The highest BCUT2D eigenvalue weighted by Gasteiger charge is 2.01. The summed E-state index contributed by atoms with van der Waals surface area (Å²) in [5.74, 6) is 0.991. The van der Waals surface area contributed by atoms with Crippen LogP contribution in [-0.2, 0) is 6.42 Å². The molecule has 0 aromatic heterocycles. The number of allylic oxidation sites excluding steroid dienone is 1. The van der Waals surface area contributed by atoms with Crippen molar-refractivity contribution < 1.29 is 4.74 Å². The van der Waals surface area contributed by atoms with Crippen LogP contribution in [0.15, 0.2) is 61.7 Å². The van der Waals surface area contributed by atoms with E-state index in [1.54, 1.807) is 0 Å². The zero-order valence-corrected chi connectivity index (χ0v) is 11.6. The summed E-state index contributed by atoms with van der Waals surface area (Å²) in [5, 5.41) is 0. The molecule has 98 valence electrons. The number of rotatable bonds is 6. The highest BCUT2D eigenvalue weighted by Crippen LogP contribution is 2.20. The van der Waals surface area contributed by atoms with Crippen molar-refractivity contribution in [2.45, 2.75) is 26.7 Å². The van der Waals surface area contributed by atoms with Gasteiger partial charge in [-0.1, -0.05) is 50.3 Å². The molecule has 18 heavy (non-hydrogen) atoms. The van der Waals surface area contributed by atoms with E-state index in [1.807, 2.05) is 31.2 Å². The molecular formula is C17H24O. The van der Waals surface area contributed by atoms with Crippen LogP contribution >= 0.6 is 0 Å². The van der Waals surface area contributed by atoms with Crippen LogP contribution in [0.3, 0.4) is 0 Å². The van der Waals surface area contributed by atoms with E-state index in [0.29, 0.717) is 6.61 Å². The van der Waals surface area contributed by atoms with Crippen LogP contribution in [0.5, 0.6) is 5.75 Å². The molecule has 1 aromatic rings. The molecule has 0 unspecified atom stereocenters. The Morgan fingerprint density at radius 3 is 2.50 bits per heavy atom. The summed E-state index contributed by atoms with van der Waals surface area (Å²) in [6, 6.07) is 8.23. The number of para-hydroxylation sites is 1. The zero-order chi connectivity index (χ0) is 13.8. The molecule has 0 aliphatic heterocycles. The maximum Gasteiger partial charge on any atom is 0.122 e. The van der Waals surface area contributed by atoms with Gasteiger partial charge in [-0.3, -0.25) is 0 Å². The van der Waals surface area contributed by atoms with Crippen molar-refractivity contribution >= 4 is 0 Å². The van der Waals surface area contributed by atoms with Gasteiger partial charge in [0.1, 0.15) is 12.4 Å². The van der Waals surface area contributed by atoms with E-state index in [1.165, 1.54) is 5.56 Å². The molecule has 0 amide bonds. The molecule has 1 aromatic carbocycles. The van der Waals surface area contributed by atoms with Crippen molar-refractivity contribution in [2.24, 2.45) is 0 Å². The summed E-state index contributed by atoms with van der Waals surface area (Å²) in [6.45, 7) is 14.5. The lowest BCUT2D eigenvalue weighted by molar-refractivity contribution is 0.351. The summed E-state index contributed by atoms with van der Waals surface area (Å²) in [5.41, 5.74) is 2.40. The fourth-order valence-electron chi connectivity index (χ4n) is 1.54. The third kappa shape index (κ3) is 5.53. The van der Waals surface area contributed by atoms with Crippen LogP contribution in [0.2, 0.25) is 0 Å². The van der Waals surface area contributed by atoms with E-state index in [2.05, 4.69) is 38.8 Å². The lowest BCUT2D eigenvalue weighted by atomic mass is 10.1. The summed E-state index contributed by atoms with van der Waals surface area (Å²) in [7, 11) is 0. The van der Waals surface area contributed by atoms with Gasteiger partial charge < -0.3 is 4.74 Å². The number of aryl methyl sites for hydroxylation is 1. The molecule has 1 rings (SSSR count). The minimum Gasteiger partial charge on any atom is -0.489 e. The summed E-state index contributed by atoms with van der Waals surface area (Å²) in [4.78, 5) is 0. The largest absolute Gasteiger partial charge is 0.489 e. The molecule has 1 heteroatoms. The Morgan fingerprint density at radius 1 is 1.28 bits per heavy atom. The minimum absolute atomic E-state index is 0.598. The third-order valence-electron chi connectivity index (χ3n) is 2.52. The van der Waals surface area contributed by atoms with Gasteiger partial charge in [-0.15, -0.1) is 13.2 Å². The quantitative estimate of drug-likeness (QED) is 0.508. The lowest BCUT2D eigenvalue weighted by Crippen LogP contribution is -2.01. The Labute approximate surface area is 111 Å². The van der Waals surface area contributed by atoms with Crippen molar-refractivity contribution in [3.63, 3.8) is 0 Å². The van der Waals surface area contributed by atoms with Gasteiger partial charge in [-0.05, 0) is 30.5 Å². The Hall–Kier alpha value is -1.76. The molecule has 0 atom stereocenters. The molecule has 0 aliphatic carbocycles. The second-order valence-electron chi connectivity index (χ2n) is 3.71. The van der Waals surface area contributed by atoms with Gasteiger partial charge in [-0.25, -0.2) is 0 Å². The first-order chi connectivity index (χ1) is 8.81. The molecule has 0 heterocycles. The maximum atomic E-state index is 5.79. The Balaban J connectivity index is 0.00000137. The Bertz CT molecular complexity index is 377. The predicted molar refractivity (Wildman–Crippen MR) is 81.1 cm³/mol. The zero-order valence-electron chi connectivity index (χ0n) is 11.6. The molecule has 0 spiro atoms. The van der Waals surface area contributed by atoms with Crippen LogP contribution in [0.4, 0.5) is 0 Å². The van der Waals surface area contributed by atoms with Gasteiger partial charge in [0.05, 0.1) is 0 Å². The van der Waals surface area contributed by atoms with Crippen LogP contribution in [0, 0.1) is 0 Å². The van der Waals surface area contributed by atoms with E-state index in [-0.39, 0.29) is 0 Å². The minimum atomic E-state index is 0.598. The van der Waals surface area contributed by atoms with Crippen LogP contribution in [0.1, 0.15) is 25.8 Å². The molecule has 0 saturated carbocycles. The number of benzene rings is 1. The van der Waals surface area contributed by atoms with E-state index in [4.69, 9.17) is 4.74 Å². The lowest BCUT2D eigenvalue weighted by Gasteiger charge is -2.11. The van der Waals surface area contributed by atoms with Gasteiger partial charge in [0.2, 0.25) is 0 Å². The summed E-state index contributed by atoms with van der Waals surface area (Å²) < 4.78 is 5.79. The second-order valence-corrected chi connectivity index (χ2v) is 3.71. The van der Waals surface area contributed by atoms with Crippen molar-refractivity contribution in [3.8, 4) is 5.75 Å². The van der Waals surface area contributed by atoms with Gasteiger partial charge in [0.15, 0.2) is 0 Å². The SMILES string of the molecule is C=C.C=C/C(=C\C)COc1ccccc1CCC. The van der Waals surface area contributed by atoms with Gasteiger partial charge >= 0.3 is 0 Å². The summed E-state index contributed by atoms with van der Waals surface area (Å²) >= 11 is 0. The van der Waals surface area contributed by atoms with E-state index >= 15 is 0 Å². The highest BCUT2D eigenvalue weighted by molar-refractivity contribution is 5.34. The van der Waals surface area contributed by atoms with E-state index in [9.17, 15) is 0 Å². The smallest absolute Gasteiger partial charge is 0.122 e. The average Bonchev–Trinajstić information content (AvgIpc) is 2.44. The molecule has 0 saturated heterocycles. The average molecular weight is 244 g/mol. The Morgan fingerprint density at radius 2 is 1.94 bits per heavy atom. The second kappa shape index (κ2) is 10.4. The third-order valence-corrected chi connectivity index (χ3v) is 2.52. The first-order valence-electron chi connectivity index (χ1n) is 6.30. The fraction of sp³-hybridized carbons (Fsp3) is 0.294. The molecule has 0 radical (unpaired) electrons. The van der Waals surface area contributed by atoms with E-state index in [0.717, 1.165) is 24.2 Å². The number of hydrogen-bond acceptors (Lipinski definition) is 1. The van der Waals surface area contributed by atoms with Crippen molar-refractivity contribution in [1.82, 2.24) is 0 Å². The van der Waals surface area contributed by atoms with Crippen molar-refractivity contribution in [3.05, 3.63) is 67.3 Å². The molecular weight excluding hydrogens is 220 g/mol. The highest BCUT2D eigenvalue weighted by atomic mass is 16.5. The number of ether oxygens (including phenoxy) is 1. The molecule has 0 aliphatic rings. The Kier molecular flexibility index (Phi) is 9.38. The molecule has 0 bridgehead atoms. The topological polar surface area (TPSA) is 9.23 Å². The van der Waals surface area contributed by atoms with Crippen LogP contribution < -0.4 is 4.74 Å². The van der Waals surface area contributed by atoms with Crippen LogP contribution in [0.25, 0.3) is 0 Å². The fourth-order valence-corrected chi connectivity index (χ4v) is 1.54. The molecule has 1 nitrogen and oxygen atoms in total. The van der Waals surface area contributed by atoms with Gasteiger partial charge in [0, 0.05) is 0 Å². The maximum absolute atomic E-state index is 5.79. The first-order valence-corrected chi connectivity index (χ1v) is 6.30. The molecule has 0 N–H and O–H groups in total. The van der Waals surface area contributed by atoms with Gasteiger partial charge in [0.25, 0.3) is 0 Å². The monoisotopic (exact) mass is 244 g/mol. The van der Waals surface area contributed by atoms with Crippen molar-refractivity contribution in [2.75, 3.05) is 6.61 Å². The standard InChI is InChI=1S/C15H20O.C2H4/c1-4-9-14-10-7-8-11-15(14)16-12-13(5-2)6-3;1-2/h5-8,10-11H,2,4,9,12H2,1,3H3;1-2H2/b13-6+;. The first kappa shape index (κ1) is 16.2. The number of hydrogen-bond donors (Lipinski definition) is 0. The summed E-state index contributed by atoms with van der Waals surface area (Å²) in [6.07, 6.45) is 6.06.